The van der Waals surface area contributed by atoms with E-state index in [1.807, 2.05) is 0 Å². The van der Waals surface area contributed by atoms with Crippen molar-refractivity contribution in [3.8, 4) is 50.2 Å². The van der Waals surface area contributed by atoms with Gasteiger partial charge in [0.15, 0.2) is 0 Å². The fourth-order valence-corrected chi connectivity index (χ4v) is 8.33. The first-order valence-electron chi connectivity index (χ1n) is 19.2. The normalized spacial score (nSPS) is 11.2. The Hall–Kier alpha value is -7.42. The molecule has 0 aliphatic carbocycles. The average molecular weight is 715 g/mol. The number of para-hydroxylation sites is 3. The van der Waals surface area contributed by atoms with Gasteiger partial charge in [0.25, 0.3) is 0 Å². The van der Waals surface area contributed by atoms with Crippen molar-refractivity contribution in [2.45, 2.75) is 0 Å². The molecule has 1 aromatic heterocycles. The van der Waals surface area contributed by atoms with Gasteiger partial charge in [-0.2, -0.15) is 0 Å². The van der Waals surface area contributed by atoms with E-state index in [0.717, 1.165) is 28.3 Å². The van der Waals surface area contributed by atoms with Gasteiger partial charge in [0, 0.05) is 33.3 Å². The Bertz CT molecular complexity index is 2950. The molecule has 0 amide bonds. The van der Waals surface area contributed by atoms with E-state index in [-0.39, 0.29) is 0 Å². The highest BCUT2D eigenvalue weighted by Gasteiger charge is 2.25. The molecular formula is C54H38N2. The van der Waals surface area contributed by atoms with Gasteiger partial charge in [-0.15, -0.1) is 0 Å². The minimum Gasteiger partial charge on any atom is -0.309 e. The summed E-state index contributed by atoms with van der Waals surface area (Å²) >= 11 is 0. The number of fused-ring (bicyclic) bond motifs is 3. The largest absolute Gasteiger partial charge is 0.309 e. The van der Waals surface area contributed by atoms with Crippen molar-refractivity contribution >= 4 is 38.9 Å². The van der Waals surface area contributed by atoms with Crippen LogP contribution >= 0.6 is 0 Å². The van der Waals surface area contributed by atoms with Crippen LogP contribution in [0.2, 0.25) is 0 Å². The van der Waals surface area contributed by atoms with E-state index in [1.54, 1.807) is 0 Å². The standard InChI is InChI=1S/C54H38N2/c1-5-20-39(21-6-1)44-28-13-14-31-48(44)54-46(41-24-9-3-10-25-41)32-19-35-53(54)56(50-33-17-15-29-45(50)40-22-7-2-8-23-40)43-36-37-52-49(38-43)47-30-16-18-34-51(47)55(52)42-26-11-4-12-27-42/h1-38H. The molecule has 0 atom stereocenters. The monoisotopic (exact) mass is 714 g/mol. The maximum absolute atomic E-state index is 2.49. The maximum Gasteiger partial charge on any atom is 0.0546 e. The molecule has 2 heteroatoms. The van der Waals surface area contributed by atoms with Crippen LogP contribution in [0.25, 0.3) is 72.0 Å². The lowest BCUT2D eigenvalue weighted by molar-refractivity contribution is 1.18. The molecule has 0 saturated carbocycles. The third-order valence-corrected chi connectivity index (χ3v) is 10.8. The molecule has 0 bridgehead atoms. The van der Waals surface area contributed by atoms with Crippen molar-refractivity contribution in [1.29, 1.82) is 0 Å². The van der Waals surface area contributed by atoms with Crippen LogP contribution in [-0.4, -0.2) is 4.57 Å². The quantitative estimate of drug-likeness (QED) is 0.152. The van der Waals surface area contributed by atoms with E-state index >= 15 is 0 Å². The summed E-state index contributed by atoms with van der Waals surface area (Å²) in [5.74, 6) is 0. The third-order valence-electron chi connectivity index (χ3n) is 10.8. The van der Waals surface area contributed by atoms with Crippen molar-refractivity contribution in [2.75, 3.05) is 4.90 Å². The molecule has 0 aliphatic heterocycles. The van der Waals surface area contributed by atoms with Crippen LogP contribution in [0.1, 0.15) is 0 Å². The molecule has 56 heavy (non-hydrogen) atoms. The number of rotatable bonds is 8. The van der Waals surface area contributed by atoms with Gasteiger partial charge >= 0.3 is 0 Å². The zero-order valence-electron chi connectivity index (χ0n) is 30.8. The van der Waals surface area contributed by atoms with E-state index < -0.39 is 0 Å². The van der Waals surface area contributed by atoms with Crippen molar-refractivity contribution in [1.82, 2.24) is 4.57 Å². The van der Waals surface area contributed by atoms with Gasteiger partial charge in [0.1, 0.15) is 0 Å². The molecule has 0 fully saturated rings. The Labute approximate surface area is 327 Å². The minimum atomic E-state index is 1.08. The predicted molar refractivity (Wildman–Crippen MR) is 237 cm³/mol. The van der Waals surface area contributed by atoms with Gasteiger partial charge in [-0.1, -0.05) is 182 Å². The van der Waals surface area contributed by atoms with Crippen LogP contribution in [0.3, 0.4) is 0 Å². The molecule has 0 radical (unpaired) electrons. The second-order valence-electron chi connectivity index (χ2n) is 14.1. The van der Waals surface area contributed by atoms with Gasteiger partial charge in [-0.25, -0.2) is 0 Å². The first kappa shape index (κ1) is 33.2. The molecule has 0 aliphatic rings. The number of nitrogens with zero attached hydrogens (tertiary/aromatic N) is 2. The molecule has 0 unspecified atom stereocenters. The van der Waals surface area contributed by atoms with Crippen molar-refractivity contribution in [2.24, 2.45) is 0 Å². The van der Waals surface area contributed by atoms with Crippen molar-refractivity contribution < 1.29 is 0 Å². The summed E-state index contributed by atoms with van der Waals surface area (Å²) < 4.78 is 2.38. The minimum absolute atomic E-state index is 1.08. The van der Waals surface area contributed by atoms with Gasteiger partial charge in [-0.3, -0.25) is 0 Å². The Morgan fingerprint density at radius 3 is 1.48 bits per heavy atom. The lowest BCUT2D eigenvalue weighted by Crippen LogP contribution is -2.13. The highest BCUT2D eigenvalue weighted by molar-refractivity contribution is 6.11. The highest BCUT2D eigenvalue weighted by Crippen LogP contribution is 2.50. The van der Waals surface area contributed by atoms with E-state index in [9.17, 15) is 0 Å². The summed E-state index contributed by atoms with van der Waals surface area (Å²) in [4.78, 5) is 2.49. The smallest absolute Gasteiger partial charge is 0.0546 e. The average Bonchev–Trinajstić information content (AvgIpc) is 3.61. The first-order valence-corrected chi connectivity index (χ1v) is 19.2. The van der Waals surface area contributed by atoms with Crippen LogP contribution in [0.15, 0.2) is 231 Å². The maximum atomic E-state index is 2.49. The van der Waals surface area contributed by atoms with E-state index in [2.05, 4.69) is 240 Å². The van der Waals surface area contributed by atoms with Gasteiger partial charge in [0.05, 0.1) is 22.4 Å². The van der Waals surface area contributed by atoms with Crippen molar-refractivity contribution in [3.05, 3.63) is 231 Å². The molecule has 0 saturated heterocycles. The number of anilines is 3. The zero-order valence-corrected chi connectivity index (χ0v) is 30.8. The Morgan fingerprint density at radius 1 is 0.304 bits per heavy atom. The summed E-state index contributed by atoms with van der Waals surface area (Å²) in [5.41, 5.74) is 16.2. The lowest BCUT2D eigenvalue weighted by Gasteiger charge is -2.31. The van der Waals surface area contributed by atoms with E-state index in [4.69, 9.17) is 0 Å². The number of benzene rings is 9. The van der Waals surface area contributed by atoms with Gasteiger partial charge < -0.3 is 9.47 Å². The molecule has 10 aromatic rings. The Kier molecular flexibility index (Phi) is 8.55. The van der Waals surface area contributed by atoms with Crippen LogP contribution < -0.4 is 4.90 Å². The topological polar surface area (TPSA) is 8.17 Å². The second kappa shape index (κ2) is 14.4. The van der Waals surface area contributed by atoms with Crippen LogP contribution in [-0.2, 0) is 0 Å². The van der Waals surface area contributed by atoms with E-state index in [1.165, 1.54) is 60.8 Å². The Balaban J connectivity index is 1.31. The van der Waals surface area contributed by atoms with Gasteiger partial charge in [0.2, 0.25) is 0 Å². The zero-order chi connectivity index (χ0) is 37.3. The molecule has 10 rings (SSSR count). The van der Waals surface area contributed by atoms with Gasteiger partial charge in [-0.05, 0) is 81.9 Å². The number of aromatic nitrogens is 1. The molecule has 9 aromatic carbocycles. The Morgan fingerprint density at radius 2 is 0.786 bits per heavy atom. The summed E-state index contributed by atoms with van der Waals surface area (Å²) in [6, 6.07) is 83.2. The highest BCUT2D eigenvalue weighted by atomic mass is 15.1. The molecular weight excluding hydrogens is 677 g/mol. The summed E-state index contributed by atoms with van der Waals surface area (Å²) in [6.07, 6.45) is 0. The summed E-state index contributed by atoms with van der Waals surface area (Å²) in [5, 5.41) is 2.42. The molecule has 2 nitrogen and oxygen atoms in total. The van der Waals surface area contributed by atoms with Crippen molar-refractivity contribution in [3.63, 3.8) is 0 Å². The van der Waals surface area contributed by atoms with Crippen LogP contribution in [0.5, 0.6) is 0 Å². The number of hydrogen-bond donors (Lipinski definition) is 0. The van der Waals surface area contributed by atoms with Crippen LogP contribution in [0, 0.1) is 0 Å². The molecule has 1 heterocycles. The summed E-state index contributed by atoms with van der Waals surface area (Å²) in [7, 11) is 0. The fraction of sp³-hybridized carbons (Fsp3) is 0. The summed E-state index contributed by atoms with van der Waals surface area (Å²) in [6.45, 7) is 0. The molecule has 0 N–H and O–H groups in total. The fourth-order valence-electron chi connectivity index (χ4n) is 8.33. The van der Waals surface area contributed by atoms with Crippen LogP contribution in [0.4, 0.5) is 17.1 Å². The SMILES string of the molecule is c1ccc(-c2ccccc2-c2c(-c3ccccc3)cccc2N(c2ccc3c(c2)c2ccccc2n3-c2ccccc2)c2ccccc2-c2ccccc2)cc1. The first-order chi connectivity index (χ1) is 27.8. The second-order valence-corrected chi connectivity index (χ2v) is 14.1. The third kappa shape index (κ3) is 5.85. The molecule has 0 spiro atoms. The molecule has 264 valence electrons. The number of hydrogen-bond acceptors (Lipinski definition) is 1. The predicted octanol–water partition coefficient (Wildman–Crippen LogP) is 14.9. The lowest BCUT2D eigenvalue weighted by atomic mass is 9.87. The van der Waals surface area contributed by atoms with E-state index in [0.29, 0.717) is 0 Å².